The molecule has 2 amide bonds. The first-order chi connectivity index (χ1) is 16.2. The highest BCUT2D eigenvalue weighted by Gasteiger charge is 2.77. The number of carbonyl (C=O) groups excluding carboxylic acids is 2. The van der Waals surface area contributed by atoms with Gasteiger partial charge in [-0.1, -0.05) is 55.1 Å². The van der Waals surface area contributed by atoms with Crippen LogP contribution in [0.4, 0.5) is 0 Å². The lowest BCUT2D eigenvalue weighted by atomic mass is 9.70. The molecule has 1 saturated carbocycles. The maximum Gasteiger partial charge on any atom is 0.310 e. The number of amides is 2. The molecule has 0 aromatic heterocycles. The Labute approximate surface area is 209 Å². The number of aliphatic hydroxyl groups is 1. The fourth-order valence-electron chi connectivity index (χ4n) is 6.95. The molecule has 0 aromatic rings. The van der Waals surface area contributed by atoms with Crippen molar-refractivity contribution in [2.75, 3.05) is 13.2 Å². The lowest BCUT2D eigenvalue weighted by Gasteiger charge is -2.42. The second-order valence-corrected chi connectivity index (χ2v) is 12.0. The highest BCUT2D eigenvalue weighted by Crippen LogP contribution is 2.60. The van der Waals surface area contributed by atoms with E-state index in [1.54, 1.807) is 6.08 Å². The van der Waals surface area contributed by atoms with Crippen molar-refractivity contribution in [3.8, 4) is 0 Å². The summed E-state index contributed by atoms with van der Waals surface area (Å²) in [5.74, 6) is -3.45. The Bertz CT molecular complexity index is 830. The fourth-order valence-corrected chi connectivity index (χ4v) is 7.89. The molecule has 7 atom stereocenters. The maximum atomic E-state index is 14.4. The number of carboxylic acids is 1. The topological polar surface area (TPSA) is 107 Å². The summed E-state index contributed by atoms with van der Waals surface area (Å²) >= 11 is 3.58. The SMILES string of the molecule is C=CCN(C(=O)C1N([C@@H](CO)CC(C)C)C(=O)[C@@H]2[C@H](C(=O)O)[C@H]3OC12CC3Br)C1CCCCC1. The molecular formula is C25H37BrN2O6. The van der Waals surface area contributed by atoms with Gasteiger partial charge in [0, 0.05) is 17.4 Å². The Hall–Kier alpha value is -1.45. The number of ether oxygens (including phenoxy) is 1. The highest BCUT2D eigenvalue weighted by molar-refractivity contribution is 9.09. The van der Waals surface area contributed by atoms with Crippen LogP contribution >= 0.6 is 15.9 Å². The van der Waals surface area contributed by atoms with E-state index < -0.39 is 41.6 Å². The number of carboxylic acid groups (broad SMARTS) is 1. The summed E-state index contributed by atoms with van der Waals surface area (Å²) in [4.78, 5) is 43.6. The third kappa shape index (κ3) is 4.01. The molecule has 3 heterocycles. The van der Waals surface area contributed by atoms with Gasteiger partial charge in [0.2, 0.25) is 11.8 Å². The number of likely N-dealkylation sites (tertiary alicyclic amines) is 1. The van der Waals surface area contributed by atoms with Crippen LogP contribution in [0, 0.1) is 17.8 Å². The third-order valence-electron chi connectivity index (χ3n) is 8.22. The van der Waals surface area contributed by atoms with Crippen molar-refractivity contribution in [1.29, 1.82) is 0 Å². The van der Waals surface area contributed by atoms with E-state index in [-0.39, 0.29) is 35.2 Å². The van der Waals surface area contributed by atoms with Crippen molar-refractivity contribution in [2.24, 2.45) is 17.8 Å². The zero-order chi connectivity index (χ0) is 24.8. The molecule has 2 N–H and O–H groups in total. The predicted molar refractivity (Wildman–Crippen MR) is 129 cm³/mol. The van der Waals surface area contributed by atoms with E-state index in [9.17, 15) is 24.6 Å². The number of hydrogen-bond acceptors (Lipinski definition) is 5. The number of alkyl halides is 1. The quantitative estimate of drug-likeness (QED) is 0.343. The summed E-state index contributed by atoms with van der Waals surface area (Å²) in [6.07, 6.45) is 6.97. The van der Waals surface area contributed by atoms with Crippen LogP contribution in [-0.4, -0.2) is 85.6 Å². The molecule has 4 rings (SSSR count). The maximum absolute atomic E-state index is 14.4. The van der Waals surface area contributed by atoms with Crippen molar-refractivity contribution in [2.45, 2.75) is 93.5 Å². The molecule has 34 heavy (non-hydrogen) atoms. The Balaban J connectivity index is 1.80. The molecule has 0 radical (unpaired) electrons. The van der Waals surface area contributed by atoms with E-state index in [2.05, 4.69) is 22.5 Å². The van der Waals surface area contributed by atoms with Gasteiger partial charge in [-0.05, 0) is 31.6 Å². The number of aliphatic hydroxyl groups excluding tert-OH is 1. The fraction of sp³-hybridized carbons (Fsp3) is 0.800. The Morgan fingerprint density at radius 1 is 1.32 bits per heavy atom. The van der Waals surface area contributed by atoms with Gasteiger partial charge in [0.05, 0.1) is 30.6 Å². The first-order valence-corrected chi connectivity index (χ1v) is 13.5. The lowest BCUT2D eigenvalue weighted by molar-refractivity contribution is -0.154. The van der Waals surface area contributed by atoms with Crippen LogP contribution in [0.1, 0.15) is 58.8 Å². The van der Waals surface area contributed by atoms with Gasteiger partial charge in [0.1, 0.15) is 11.6 Å². The monoisotopic (exact) mass is 540 g/mol. The van der Waals surface area contributed by atoms with Gasteiger partial charge in [0.25, 0.3) is 0 Å². The van der Waals surface area contributed by atoms with Crippen LogP contribution in [0.25, 0.3) is 0 Å². The molecule has 190 valence electrons. The van der Waals surface area contributed by atoms with E-state index in [4.69, 9.17) is 4.74 Å². The van der Waals surface area contributed by atoms with Crippen molar-refractivity contribution in [3.05, 3.63) is 12.7 Å². The summed E-state index contributed by atoms with van der Waals surface area (Å²) in [6, 6.07) is -1.49. The number of rotatable bonds is 9. The van der Waals surface area contributed by atoms with E-state index in [1.807, 2.05) is 18.7 Å². The van der Waals surface area contributed by atoms with Crippen LogP contribution in [0.2, 0.25) is 0 Å². The van der Waals surface area contributed by atoms with Gasteiger partial charge in [-0.25, -0.2) is 0 Å². The van der Waals surface area contributed by atoms with Crippen molar-refractivity contribution in [1.82, 2.24) is 9.80 Å². The molecule has 8 nitrogen and oxygen atoms in total. The largest absolute Gasteiger partial charge is 0.481 e. The Morgan fingerprint density at radius 2 is 2.00 bits per heavy atom. The van der Waals surface area contributed by atoms with E-state index in [1.165, 1.54) is 4.90 Å². The number of aliphatic carboxylic acids is 1. The van der Waals surface area contributed by atoms with Crippen LogP contribution in [0.5, 0.6) is 0 Å². The predicted octanol–water partition coefficient (Wildman–Crippen LogP) is 2.57. The van der Waals surface area contributed by atoms with Crippen LogP contribution in [0.15, 0.2) is 12.7 Å². The van der Waals surface area contributed by atoms with E-state index in [0.717, 1.165) is 32.1 Å². The second-order valence-electron chi connectivity index (χ2n) is 10.8. The van der Waals surface area contributed by atoms with Crippen LogP contribution in [-0.2, 0) is 19.1 Å². The van der Waals surface area contributed by atoms with Gasteiger partial charge in [0.15, 0.2) is 0 Å². The highest BCUT2D eigenvalue weighted by atomic mass is 79.9. The molecule has 4 fully saturated rings. The molecule has 9 heteroatoms. The summed E-state index contributed by atoms with van der Waals surface area (Å²) in [6.45, 7) is 7.93. The van der Waals surface area contributed by atoms with E-state index >= 15 is 0 Å². The van der Waals surface area contributed by atoms with E-state index in [0.29, 0.717) is 19.4 Å². The molecule has 1 aliphatic carbocycles. The molecule has 2 bridgehead atoms. The van der Waals surface area contributed by atoms with Crippen molar-refractivity contribution >= 4 is 33.7 Å². The standard InChI is InChI=1S/C25H37BrN2O6/c1-4-10-27(15-8-6-5-7-9-15)23(31)21-25-12-17(26)20(34-25)18(24(32)33)19(25)22(30)28(21)16(13-29)11-14(2)3/h4,14-21,29H,1,5-13H2,2-3H3,(H,32,33)/t16-,17?,18+,19+,20+,21?,25?/m1/s1. The van der Waals surface area contributed by atoms with Crippen LogP contribution < -0.4 is 0 Å². The first kappa shape index (κ1) is 25.6. The van der Waals surface area contributed by atoms with Gasteiger partial charge < -0.3 is 24.7 Å². The van der Waals surface area contributed by atoms with Crippen LogP contribution in [0.3, 0.4) is 0 Å². The van der Waals surface area contributed by atoms with Gasteiger partial charge >= 0.3 is 5.97 Å². The minimum absolute atomic E-state index is 0.0537. The molecular weight excluding hydrogens is 504 g/mol. The second kappa shape index (κ2) is 9.90. The number of carbonyl (C=O) groups is 3. The zero-order valence-corrected chi connectivity index (χ0v) is 21.7. The zero-order valence-electron chi connectivity index (χ0n) is 20.1. The van der Waals surface area contributed by atoms with Gasteiger partial charge in [-0.3, -0.25) is 14.4 Å². The molecule has 1 spiro atoms. The van der Waals surface area contributed by atoms with Gasteiger partial charge in [-0.15, -0.1) is 6.58 Å². The molecule has 3 aliphatic heterocycles. The average Bonchev–Trinajstić information content (AvgIpc) is 3.39. The summed E-state index contributed by atoms with van der Waals surface area (Å²) in [5, 5.41) is 20.3. The summed E-state index contributed by atoms with van der Waals surface area (Å²) in [5.41, 5.74) is -1.21. The molecule has 3 unspecified atom stereocenters. The lowest BCUT2D eigenvalue weighted by Crippen LogP contribution is -2.60. The molecule has 4 aliphatic rings. The van der Waals surface area contributed by atoms with Crippen molar-refractivity contribution < 1.29 is 29.3 Å². The Morgan fingerprint density at radius 3 is 2.56 bits per heavy atom. The number of hydrogen-bond donors (Lipinski definition) is 2. The normalized spacial score (nSPS) is 36.1. The summed E-state index contributed by atoms with van der Waals surface area (Å²) < 4.78 is 6.37. The smallest absolute Gasteiger partial charge is 0.310 e. The Kier molecular flexibility index (Phi) is 7.46. The minimum Gasteiger partial charge on any atom is -0.481 e. The van der Waals surface area contributed by atoms with Gasteiger partial charge in [-0.2, -0.15) is 0 Å². The molecule has 0 aromatic carbocycles. The average molecular weight is 541 g/mol. The third-order valence-corrected chi connectivity index (χ3v) is 9.06. The number of halogens is 1. The molecule has 3 saturated heterocycles. The summed E-state index contributed by atoms with van der Waals surface area (Å²) in [7, 11) is 0. The minimum atomic E-state index is -1.21. The number of nitrogens with zero attached hydrogens (tertiary/aromatic N) is 2. The number of fused-ring (bicyclic) bond motifs is 1. The van der Waals surface area contributed by atoms with Crippen molar-refractivity contribution in [3.63, 3.8) is 0 Å². The first-order valence-electron chi connectivity index (χ1n) is 12.6.